The lowest BCUT2D eigenvalue weighted by atomic mass is 9.89. The van der Waals surface area contributed by atoms with E-state index in [0.717, 1.165) is 12.8 Å². The highest BCUT2D eigenvalue weighted by Crippen LogP contribution is 2.38. The van der Waals surface area contributed by atoms with Gasteiger partial charge in [0.15, 0.2) is 0 Å². The number of carbonyl (C=O) groups is 1. The molecule has 0 aliphatic carbocycles. The van der Waals surface area contributed by atoms with Crippen molar-refractivity contribution in [1.82, 2.24) is 9.80 Å². The van der Waals surface area contributed by atoms with Crippen LogP contribution in [0.4, 0.5) is 4.79 Å². The van der Waals surface area contributed by atoms with Crippen LogP contribution >= 0.6 is 0 Å². The molecular weight excluding hydrogens is 300 g/mol. The third-order valence-electron chi connectivity index (χ3n) is 5.19. The molecule has 1 saturated heterocycles. The van der Waals surface area contributed by atoms with Gasteiger partial charge in [0.05, 0.1) is 6.61 Å². The van der Waals surface area contributed by atoms with Crippen LogP contribution in [0.15, 0.2) is 42.5 Å². The first-order valence-corrected chi connectivity index (χ1v) is 8.98. The molecule has 0 aromatic heterocycles. The molecule has 2 atom stereocenters. The third-order valence-corrected chi connectivity index (χ3v) is 5.19. The molecule has 0 N–H and O–H groups in total. The zero-order valence-corrected chi connectivity index (χ0v) is 14.9. The molecule has 0 radical (unpaired) electrons. The minimum atomic E-state index is -0.167. The normalized spacial score (nSPS) is 23.5. The molecule has 3 rings (SSSR count). The van der Waals surface area contributed by atoms with Gasteiger partial charge in [0.1, 0.15) is 0 Å². The van der Waals surface area contributed by atoms with Crippen LogP contribution in [0, 0.1) is 0 Å². The van der Waals surface area contributed by atoms with Gasteiger partial charge in [0.25, 0.3) is 0 Å². The second-order valence-electron chi connectivity index (χ2n) is 7.22. The number of nitrogens with zero attached hydrogens (tertiary/aromatic N) is 2. The molecule has 2 heterocycles. The Kier molecular flexibility index (Phi) is 4.95. The fraction of sp³-hybridized carbons (Fsp3) is 0.550. The van der Waals surface area contributed by atoms with Gasteiger partial charge >= 0.3 is 6.09 Å². The predicted molar refractivity (Wildman–Crippen MR) is 95.9 cm³/mol. The summed E-state index contributed by atoms with van der Waals surface area (Å²) in [7, 11) is 0. The highest BCUT2D eigenvalue weighted by molar-refractivity contribution is 5.68. The zero-order valence-electron chi connectivity index (χ0n) is 14.9. The van der Waals surface area contributed by atoms with E-state index >= 15 is 0 Å². The number of carbonyl (C=O) groups excluding carboxylic acids is 1. The maximum absolute atomic E-state index is 12.3. The van der Waals surface area contributed by atoms with E-state index in [1.165, 1.54) is 5.56 Å². The molecule has 1 fully saturated rings. The first-order valence-electron chi connectivity index (χ1n) is 8.98. The van der Waals surface area contributed by atoms with E-state index in [2.05, 4.69) is 68.2 Å². The fourth-order valence-electron chi connectivity index (χ4n) is 3.88. The summed E-state index contributed by atoms with van der Waals surface area (Å²) in [6, 6.07) is 11.1. The lowest BCUT2D eigenvalue weighted by Crippen LogP contribution is -2.61. The monoisotopic (exact) mass is 328 g/mol. The van der Waals surface area contributed by atoms with Gasteiger partial charge in [-0.05, 0) is 25.8 Å². The largest absolute Gasteiger partial charge is 0.449 e. The fourth-order valence-corrected chi connectivity index (χ4v) is 3.88. The molecule has 2 unspecified atom stereocenters. The number of piperazine rings is 1. The van der Waals surface area contributed by atoms with Gasteiger partial charge in [-0.1, -0.05) is 55.8 Å². The van der Waals surface area contributed by atoms with Gasteiger partial charge < -0.3 is 9.64 Å². The van der Waals surface area contributed by atoms with Crippen molar-refractivity contribution in [2.75, 3.05) is 19.7 Å². The van der Waals surface area contributed by atoms with E-state index in [1.807, 2.05) is 4.90 Å². The average molecular weight is 328 g/mol. The van der Waals surface area contributed by atoms with Crippen molar-refractivity contribution in [3.05, 3.63) is 48.0 Å². The molecule has 1 aromatic rings. The molecule has 1 amide bonds. The summed E-state index contributed by atoms with van der Waals surface area (Å²) >= 11 is 0. The van der Waals surface area contributed by atoms with Gasteiger partial charge in [-0.3, -0.25) is 4.90 Å². The first kappa shape index (κ1) is 17.0. The summed E-state index contributed by atoms with van der Waals surface area (Å²) in [5.74, 6) is 0. The van der Waals surface area contributed by atoms with Crippen molar-refractivity contribution in [2.45, 2.75) is 51.2 Å². The van der Waals surface area contributed by atoms with Crippen LogP contribution < -0.4 is 0 Å². The summed E-state index contributed by atoms with van der Waals surface area (Å²) in [6.45, 7) is 8.56. The van der Waals surface area contributed by atoms with Crippen molar-refractivity contribution < 1.29 is 9.53 Å². The molecular formula is C20H28N2O2. The summed E-state index contributed by atoms with van der Waals surface area (Å²) in [4.78, 5) is 16.7. The van der Waals surface area contributed by atoms with Crippen LogP contribution in [-0.4, -0.2) is 47.7 Å². The Hall–Kier alpha value is -1.81. The van der Waals surface area contributed by atoms with Crippen molar-refractivity contribution >= 4 is 6.09 Å². The first-order chi connectivity index (χ1) is 11.5. The van der Waals surface area contributed by atoms with E-state index in [9.17, 15) is 4.79 Å². The Balaban J connectivity index is 1.69. The van der Waals surface area contributed by atoms with Crippen LogP contribution in [0.3, 0.4) is 0 Å². The topological polar surface area (TPSA) is 32.8 Å². The molecule has 1 aromatic carbocycles. The van der Waals surface area contributed by atoms with Crippen molar-refractivity contribution in [2.24, 2.45) is 0 Å². The molecule has 4 nitrogen and oxygen atoms in total. The van der Waals surface area contributed by atoms with Crippen LogP contribution in [0.25, 0.3) is 0 Å². The number of hydrogen-bond donors (Lipinski definition) is 0. The molecule has 4 heteroatoms. The molecule has 24 heavy (non-hydrogen) atoms. The Morgan fingerprint density at radius 1 is 1.17 bits per heavy atom. The van der Waals surface area contributed by atoms with Crippen molar-refractivity contribution in [3.63, 3.8) is 0 Å². The predicted octanol–water partition coefficient (Wildman–Crippen LogP) is 3.78. The van der Waals surface area contributed by atoms with Crippen LogP contribution in [0.2, 0.25) is 0 Å². The standard InChI is InChI=1S/C20H28N2O2/c1-4-5-13-24-19(23)21-14-17-11-12-18(15-21)22(17)20(2,3)16-9-7-6-8-10-16/h6-12,17-18H,4-5,13-15H2,1-3H3. The van der Waals surface area contributed by atoms with E-state index in [4.69, 9.17) is 4.74 Å². The van der Waals surface area contributed by atoms with Crippen LogP contribution in [-0.2, 0) is 10.3 Å². The number of unbranched alkanes of at least 4 members (excludes halogenated alkanes) is 1. The third kappa shape index (κ3) is 3.20. The SMILES string of the molecule is CCCCOC(=O)N1CC2C=CC(C1)N2C(C)(C)c1ccccc1. The zero-order chi connectivity index (χ0) is 17.2. The van der Waals surface area contributed by atoms with E-state index < -0.39 is 0 Å². The number of benzene rings is 1. The summed E-state index contributed by atoms with van der Waals surface area (Å²) in [6.07, 6.45) is 6.29. The van der Waals surface area contributed by atoms with Gasteiger partial charge in [0, 0.05) is 30.7 Å². The van der Waals surface area contributed by atoms with Crippen molar-refractivity contribution in [3.8, 4) is 0 Å². The minimum absolute atomic E-state index is 0.0711. The smallest absolute Gasteiger partial charge is 0.409 e. The number of ether oxygens (including phenoxy) is 1. The second-order valence-corrected chi connectivity index (χ2v) is 7.22. The average Bonchev–Trinajstić information content (AvgIpc) is 2.87. The lowest BCUT2D eigenvalue weighted by molar-refractivity contribution is -0.00106. The van der Waals surface area contributed by atoms with Gasteiger partial charge in [-0.2, -0.15) is 0 Å². The summed E-state index contributed by atoms with van der Waals surface area (Å²) in [5, 5.41) is 0. The van der Waals surface area contributed by atoms with E-state index in [0.29, 0.717) is 19.7 Å². The molecule has 2 aliphatic rings. The summed E-state index contributed by atoms with van der Waals surface area (Å²) in [5.41, 5.74) is 1.24. The van der Waals surface area contributed by atoms with E-state index in [-0.39, 0.29) is 23.7 Å². The molecule has 2 bridgehead atoms. The van der Waals surface area contributed by atoms with Gasteiger partial charge in [-0.15, -0.1) is 0 Å². The van der Waals surface area contributed by atoms with Gasteiger partial charge in [-0.25, -0.2) is 4.79 Å². The van der Waals surface area contributed by atoms with Crippen LogP contribution in [0.5, 0.6) is 0 Å². The molecule has 130 valence electrons. The summed E-state index contributed by atoms with van der Waals surface area (Å²) < 4.78 is 5.39. The molecule has 0 saturated carbocycles. The van der Waals surface area contributed by atoms with Crippen molar-refractivity contribution in [1.29, 1.82) is 0 Å². The number of rotatable bonds is 5. The second kappa shape index (κ2) is 6.98. The Morgan fingerprint density at radius 2 is 1.79 bits per heavy atom. The Bertz CT molecular complexity index is 581. The Morgan fingerprint density at radius 3 is 2.38 bits per heavy atom. The molecule has 0 spiro atoms. The van der Waals surface area contributed by atoms with Crippen LogP contribution in [0.1, 0.15) is 39.2 Å². The van der Waals surface area contributed by atoms with E-state index in [1.54, 1.807) is 0 Å². The number of amides is 1. The quantitative estimate of drug-likeness (QED) is 0.609. The number of fused-ring (bicyclic) bond motifs is 2. The highest BCUT2D eigenvalue weighted by Gasteiger charge is 2.45. The minimum Gasteiger partial charge on any atom is -0.449 e. The molecule has 2 aliphatic heterocycles. The maximum Gasteiger partial charge on any atom is 0.409 e. The lowest BCUT2D eigenvalue weighted by Gasteiger charge is -2.49. The number of hydrogen-bond acceptors (Lipinski definition) is 3. The highest BCUT2D eigenvalue weighted by atomic mass is 16.6. The maximum atomic E-state index is 12.3. The van der Waals surface area contributed by atoms with Gasteiger partial charge in [0.2, 0.25) is 0 Å². The Labute approximate surface area is 145 Å².